The van der Waals surface area contributed by atoms with Gasteiger partial charge in [0.25, 0.3) is 0 Å². The second kappa shape index (κ2) is 8.76. The second-order valence-electron chi connectivity index (χ2n) is 6.10. The molecule has 1 aromatic heterocycles. The number of anilines is 3. The molecule has 3 rings (SSSR count). The van der Waals surface area contributed by atoms with E-state index in [1.54, 1.807) is 6.20 Å². The third kappa shape index (κ3) is 4.89. The van der Waals surface area contributed by atoms with Crippen molar-refractivity contribution in [2.45, 2.75) is 19.8 Å². The van der Waals surface area contributed by atoms with E-state index in [4.69, 9.17) is 0 Å². The first kappa shape index (κ1) is 17.6. The molecule has 0 spiro atoms. The molecule has 0 bridgehead atoms. The van der Waals surface area contributed by atoms with Crippen molar-refractivity contribution in [1.29, 1.82) is 0 Å². The predicted octanol–water partition coefficient (Wildman–Crippen LogP) is 5.54. The molecule has 0 fully saturated rings. The summed E-state index contributed by atoms with van der Waals surface area (Å²) in [6, 6.07) is 19.3. The third-order valence-corrected chi connectivity index (χ3v) is 4.03. The standard InChI is InChI=1S/C21H24N4O/c1-2-3-13-22-17-9-11-18(12-10-17)24-21(26)25-19-14-20(23-15-19)16-7-5-4-6-8-16/h4-12,14-15,22-23H,2-3,13H2,1H3,(H2,24,25,26). The van der Waals surface area contributed by atoms with Gasteiger partial charge in [-0.05, 0) is 42.3 Å². The summed E-state index contributed by atoms with van der Waals surface area (Å²) in [6.07, 6.45) is 4.09. The molecular formula is C21H24N4O. The number of unbranched alkanes of at least 4 members (excludes halogenated alkanes) is 1. The van der Waals surface area contributed by atoms with Crippen molar-refractivity contribution in [3.05, 3.63) is 66.9 Å². The molecule has 5 heteroatoms. The van der Waals surface area contributed by atoms with Crippen LogP contribution in [0, 0.1) is 0 Å². The maximum absolute atomic E-state index is 12.2. The zero-order valence-electron chi connectivity index (χ0n) is 14.9. The summed E-state index contributed by atoms with van der Waals surface area (Å²) in [6.45, 7) is 3.13. The molecule has 0 saturated carbocycles. The number of aromatic amines is 1. The van der Waals surface area contributed by atoms with E-state index in [1.807, 2.05) is 60.7 Å². The Bertz CT molecular complexity index is 825. The van der Waals surface area contributed by atoms with Gasteiger partial charge >= 0.3 is 6.03 Å². The van der Waals surface area contributed by atoms with Crippen LogP contribution in [0.2, 0.25) is 0 Å². The summed E-state index contributed by atoms with van der Waals surface area (Å²) in [7, 11) is 0. The highest BCUT2D eigenvalue weighted by molar-refractivity contribution is 6.00. The molecule has 3 aromatic rings. The van der Waals surface area contributed by atoms with Crippen molar-refractivity contribution in [2.75, 3.05) is 22.5 Å². The molecule has 5 nitrogen and oxygen atoms in total. The average molecular weight is 348 g/mol. The van der Waals surface area contributed by atoms with Gasteiger partial charge < -0.3 is 20.9 Å². The molecular weight excluding hydrogens is 324 g/mol. The molecule has 0 unspecified atom stereocenters. The molecule has 0 aliphatic rings. The Morgan fingerprint density at radius 2 is 1.62 bits per heavy atom. The van der Waals surface area contributed by atoms with E-state index in [0.717, 1.165) is 47.7 Å². The Morgan fingerprint density at radius 1 is 0.923 bits per heavy atom. The lowest BCUT2D eigenvalue weighted by atomic mass is 10.2. The molecule has 0 atom stereocenters. The van der Waals surface area contributed by atoms with E-state index in [0.29, 0.717) is 0 Å². The highest BCUT2D eigenvalue weighted by Gasteiger charge is 2.06. The monoisotopic (exact) mass is 348 g/mol. The van der Waals surface area contributed by atoms with Crippen LogP contribution in [0.4, 0.5) is 21.9 Å². The number of carbonyl (C=O) groups is 1. The van der Waals surface area contributed by atoms with E-state index >= 15 is 0 Å². The predicted molar refractivity (Wildman–Crippen MR) is 109 cm³/mol. The molecule has 0 radical (unpaired) electrons. The van der Waals surface area contributed by atoms with Gasteiger partial charge in [-0.3, -0.25) is 0 Å². The minimum Gasteiger partial charge on any atom is -0.385 e. The van der Waals surface area contributed by atoms with E-state index in [-0.39, 0.29) is 6.03 Å². The van der Waals surface area contributed by atoms with Crippen LogP contribution in [0.15, 0.2) is 66.9 Å². The Kier molecular flexibility index (Phi) is 5.93. The molecule has 0 saturated heterocycles. The summed E-state index contributed by atoms with van der Waals surface area (Å²) in [5, 5.41) is 9.03. The number of urea groups is 1. The van der Waals surface area contributed by atoms with Gasteiger partial charge in [0.05, 0.1) is 5.69 Å². The number of benzene rings is 2. The zero-order chi connectivity index (χ0) is 18.2. The van der Waals surface area contributed by atoms with Gasteiger partial charge in [-0.25, -0.2) is 4.79 Å². The normalized spacial score (nSPS) is 10.3. The number of hydrogen-bond acceptors (Lipinski definition) is 2. The smallest absolute Gasteiger partial charge is 0.323 e. The summed E-state index contributed by atoms with van der Waals surface area (Å²) in [5.74, 6) is 0. The number of rotatable bonds is 7. The van der Waals surface area contributed by atoms with Crippen molar-refractivity contribution < 1.29 is 4.79 Å². The van der Waals surface area contributed by atoms with Crippen LogP contribution in [0.5, 0.6) is 0 Å². The summed E-state index contributed by atoms with van der Waals surface area (Å²) < 4.78 is 0. The van der Waals surface area contributed by atoms with Crippen molar-refractivity contribution in [2.24, 2.45) is 0 Å². The lowest BCUT2D eigenvalue weighted by Gasteiger charge is -2.08. The van der Waals surface area contributed by atoms with Gasteiger partial charge in [0.2, 0.25) is 0 Å². The van der Waals surface area contributed by atoms with Gasteiger partial charge in [-0.2, -0.15) is 0 Å². The van der Waals surface area contributed by atoms with Crippen LogP contribution in [0.3, 0.4) is 0 Å². The Hall–Kier alpha value is -3.21. The minimum atomic E-state index is -0.268. The lowest BCUT2D eigenvalue weighted by Crippen LogP contribution is -2.19. The van der Waals surface area contributed by atoms with Crippen LogP contribution in [-0.2, 0) is 0 Å². The highest BCUT2D eigenvalue weighted by Crippen LogP contribution is 2.21. The number of hydrogen-bond donors (Lipinski definition) is 4. The largest absolute Gasteiger partial charge is 0.385 e. The molecule has 26 heavy (non-hydrogen) atoms. The van der Waals surface area contributed by atoms with Gasteiger partial charge in [-0.15, -0.1) is 0 Å². The highest BCUT2D eigenvalue weighted by atomic mass is 16.2. The first-order valence-electron chi connectivity index (χ1n) is 8.90. The van der Waals surface area contributed by atoms with Gasteiger partial charge in [0, 0.05) is 29.8 Å². The Balaban J connectivity index is 1.53. The van der Waals surface area contributed by atoms with Crippen molar-refractivity contribution in [3.8, 4) is 11.3 Å². The molecule has 2 amide bonds. The first-order chi connectivity index (χ1) is 12.7. The molecule has 4 N–H and O–H groups in total. The quantitative estimate of drug-likeness (QED) is 0.424. The number of aromatic nitrogens is 1. The molecule has 0 aliphatic carbocycles. The topological polar surface area (TPSA) is 68.9 Å². The van der Waals surface area contributed by atoms with Crippen LogP contribution < -0.4 is 16.0 Å². The van der Waals surface area contributed by atoms with Crippen LogP contribution in [0.25, 0.3) is 11.3 Å². The maximum Gasteiger partial charge on any atom is 0.323 e. The van der Waals surface area contributed by atoms with Crippen molar-refractivity contribution >= 4 is 23.1 Å². The number of nitrogens with one attached hydrogen (secondary N) is 4. The van der Waals surface area contributed by atoms with Crippen LogP contribution in [-0.4, -0.2) is 17.6 Å². The van der Waals surface area contributed by atoms with Crippen LogP contribution in [0.1, 0.15) is 19.8 Å². The maximum atomic E-state index is 12.2. The van der Waals surface area contributed by atoms with E-state index < -0.39 is 0 Å². The van der Waals surface area contributed by atoms with E-state index in [1.165, 1.54) is 0 Å². The van der Waals surface area contributed by atoms with Crippen molar-refractivity contribution in [1.82, 2.24) is 4.98 Å². The summed E-state index contributed by atoms with van der Waals surface area (Å²) in [4.78, 5) is 15.3. The fraction of sp³-hybridized carbons (Fsp3) is 0.190. The fourth-order valence-electron chi connectivity index (χ4n) is 2.63. The number of carbonyl (C=O) groups excluding carboxylic acids is 1. The van der Waals surface area contributed by atoms with Gasteiger partial charge in [0.15, 0.2) is 0 Å². The molecule has 1 heterocycles. The van der Waals surface area contributed by atoms with Gasteiger partial charge in [-0.1, -0.05) is 43.7 Å². The Morgan fingerprint density at radius 3 is 2.35 bits per heavy atom. The molecule has 0 aliphatic heterocycles. The lowest BCUT2D eigenvalue weighted by molar-refractivity contribution is 0.262. The first-order valence-corrected chi connectivity index (χ1v) is 8.90. The zero-order valence-corrected chi connectivity index (χ0v) is 14.9. The summed E-state index contributed by atoms with van der Waals surface area (Å²) >= 11 is 0. The number of H-pyrrole nitrogens is 1. The van der Waals surface area contributed by atoms with E-state index in [9.17, 15) is 4.79 Å². The van der Waals surface area contributed by atoms with Crippen molar-refractivity contribution in [3.63, 3.8) is 0 Å². The average Bonchev–Trinajstić information content (AvgIpc) is 3.12. The van der Waals surface area contributed by atoms with Gasteiger partial charge in [0.1, 0.15) is 0 Å². The SMILES string of the molecule is CCCCNc1ccc(NC(=O)Nc2c[nH]c(-c3ccccc3)c2)cc1. The second-order valence-corrected chi connectivity index (χ2v) is 6.10. The molecule has 134 valence electrons. The third-order valence-electron chi connectivity index (χ3n) is 4.03. The summed E-state index contributed by atoms with van der Waals surface area (Å²) in [5.41, 5.74) is 4.57. The van der Waals surface area contributed by atoms with Crippen LogP contribution >= 0.6 is 0 Å². The minimum absolute atomic E-state index is 0.268. The fourth-order valence-corrected chi connectivity index (χ4v) is 2.63. The van der Waals surface area contributed by atoms with E-state index in [2.05, 4.69) is 27.9 Å². The number of amides is 2. The molecule has 2 aromatic carbocycles. The Labute approximate surface area is 153 Å².